The van der Waals surface area contributed by atoms with E-state index >= 15 is 0 Å². The van der Waals surface area contributed by atoms with Crippen LogP contribution in [0.1, 0.15) is 30.6 Å². The van der Waals surface area contributed by atoms with Gasteiger partial charge in [-0.15, -0.1) is 11.3 Å². The molecule has 1 unspecified atom stereocenters. The fourth-order valence-electron chi connectivity index (χ4n) is 2.82. The molecule has 2 rings (SSSR count). The van der Waals surface area contributed by atoms with Gasteiger partial charge in [0.15, 0.2) is 0 Å². The van der Waals surface area contributed by atoms with Gasteiger partial charge in [-0.3, -0.25) is 0 Å². The van der Waals surface area contributed by atoms with Crippen LogP contribution in [0.2, 0.25) is 0 Å². The molecule has 0 amide bonds. The third-order valence-corrected chi connectivity index (χ3v) is 5.27. The zero-order valence-electron chi connectivity index (χ0n) is 9.84. The summed E-state index contributed by atoms with van der Waals surface area (Å²) in [5.74, 6) is 1.78. The smallest absolute Gasteiger partial charge is 0.0701 e. The van der Waals surface area contributed by atoms with Gasteiger partial charge < -0.3 is 5.32 Å². The molecule has 0 aromatic carbocycles. The van der Waals surface area contributed by atoms with Gasteiger partial charge in [0, 0.05) is 4.88 Å². The maximum atomic E-state index is 3.55. The van der Waals surface area contributed by atoms with Gasteiger partial charge in [-0.05, 0) is 59.9 Å². The SMILES string of the molecule is CNCC(Cc1ccc(Br)s1)C1CCCC1. The molecule has 1 aliphatic carbocycles. The van der Waals surface area contributed by atoms with Crippen molar-refractivity contribution in [1.82, 2.24) is 5.32 Å². The lowest BCUT2D eigenvalue weighted by atomic mass is 9.87. The van der Waals surface area contributed by atoms with Crippen LogP contribution in [0, 0.1) is 11.8 Å². The standard InChI is InChI=1S/C13H20BrNS/c1-15-9-11(10-4-2-3-5-10)8-12-6-7-13(14)16-12/h6-7,10-11,15H,2-5,8-9H2,1H3. The number of hydrogen-bond acceptors (Lipinski definition) is 2. The summed E-state index contributed by atoms with van der Waals surface area (Å²) in [6.45, 7) is 1.17. The lowest BCUT2D eigenvalue weighted by Gasteiger charge is -2.22. The van der Waals surface area contributed by atoms with Crippen molar-refractivity contribution in [3.63, 3.8) is 0 Å². The van der Waals surface area contributed by atoms with Crippen LogP contribution in [-0.4, -0.2) is 13.6 Å². The highest BCUT2D eigenvalue weighted by atomic mass is 79.9. The van der Waals surface area contributed by atoms with E-state index < -0.39 is 0 Å². The van der Waals surface area contributed by atoms with Crippen LogP contribution in [0.4, 0.5) is 0 Å². The van der Waals surface area contributed by atoms with E-state index in [-0.39, 0.29) is 0 Å². The predicted octanol–water partition coefficient (Wildman–Crippen LogP) is 4.08. The fourth-order valence-corrected chi connectivity index (χ4v) is 4.39. The summed E-state index contributed by atoms with van der Waals surface area (Å²) in [5.41, 5.74) is 0. The summed E-state index contributed by atoms with van der Waals surface area (Å²) in [5, 5.41) is 3.36. The minimum atomic E-state index is 0.832. The second kappa shape index (κ2) is 6.18. The van der Waals surface area contributed by atoms with Gasteiger partial charge in [-0.1, -0.05) is 25.7 Å². The number of thiophene rings is 1. The molecule has 1 atom stereocenters. The van der Waals surface area contributed by atoms with Gasteiger partial charge in [-0.2, -0.15) is 0 Å². The molecule has 1 aliphatic rings. The topological polar surface area (TPSA) is 12.0 Å². The Kier molecular flexibility index (Phi) is 4.86. The van der Waals surface area contributed by atoms with Crippen LogP contribution in [0.15, 0.2) is 15.9 Å². The van der Waals surface area contributed by atoms with Crippen molar-refractivity contribution in [2.45, 2.75) is 32.1 Å². The van der Waals surface area contributed by atoms with E-state index in [4.69, 9.17) is 0 Å². The van der Waals surface area contributed by atoms with Gasteiger partial charge in [0.05, 0.1) is 3.79 Å². The molecule has 1 saturated carbocycles. The van der Waals surface area contributed by atoms with E-state index in [0.29, 0.717) is 0 Å². The van der Waals surface area contributed by atoms with Crippen molar-refractivity contribution in [1.29, 1.82) is 0 Å². The van der Waals surface area contributed by atoms with E-state index in [1.807, 2.05) is 11.3 Å². The van der Waals surface area contributed by atoms with Gasteiger partial charge in [0.25, 0.3) is 0 Å². The van der Waals surface area contributed by atoms with Crippen molar-refractivity contribution in [3.05, 3.63) is 20.8 Å². The zero-order chi connectivity index (χ0) is 11.4. The Morgan fingerprint density at radius 2 is 2.19 bits per heavy atom. The molecule has 1 N–H and O–H groups in total. The van der Waals surface area contributed by atoms with E-state index in [0.717, 1.165) is 11.8 Å². The van der Waals surface area contributed by atoms with Crippen LogP contribution in [0.3, 0.4) is 0 Å². The van der Waals surface area contributed by atoms with Gasteiger partial charge >= 0.3 is 0 Å². The highest BCUT2D eigenvalue weighted by molar-refractivity contribution is 9.11. The highest BCUT2D eigenvalue weighted by Crippen LogP contribution is 2.34. The molecule has 1 fully saturated rings. The zero-order valence-corrected chi connectivity index (χ0v) is 12.2. The van der Waals surface area contributed by atoms with Gasteiger partial charge in [0.2, 0.25) is 0 Å². The van der Waals surface area contributed by atoms with Crippen molar-refractivity contribution in [3.8, 4) is 0 Å². The first-order valence-electron chi connectivity index (χ1n) is 6.18. The lowest BCUT2D eigenvalue weighted by molar-refractivity contribution is 0.330. The summed E-state index contributed by atoms with van der Waals surface area (Å²) in [7, 11) is 2.08. The molecule has 3 heteroatoms. The molecule has 0 saturated heterocycles. The minimum absolute atomic E-state index is 0.832. The van der Waals surface area contributed by atoms with Crippen molar-refractivity contribution in [2.24, 2.45) is 11.8 Å². The van der Waals surface area contributed by atoms with E-state index in [9.17, 15) is 0 Å². The van der Waals surface area contributed by atoms with Gasteiger partial charge in [-0.25, -0.2) is 0 Å². The molecular formula is C13H20BrNS. The molecule has 0 bridgehead atoms. The lowest BCUT2D eigenvalue weighted by Crippen LogP contribution is -2.26. The molecule has 0 spiro atoms. The van der Waals surface area contributed by atoms with Crippen LogP contribution >= 0.6 is 27.3 Å². The summed E-state index contributed by atoms with van der Waals surface area (Å²) in [6.07, 6.45) is 7.03. The average Bonchev–Trinajstić information content (AvgIpc) is 2.88. The first-order chi connectivity index (χ1) is 7.79. The highest BCUT2D eigenvalue weighted by Gasteiger charge is 2.24. The van der Waals surface area contributed by atoms with E-state index in [2.05, 4.69) is 40.4 Å². The van der Waals surface area contributed by atoms with Crippen molar-refractivity contribution in [2.75, 3.05) is 13.6 Å². The van der Waals surface area contributed by atoms with Gasteiger partial charge in [0.1, 0.15) is 0 Å². The van der Waals surface area contributed by atoms with E-state index in [1.54, 1.807) is 0 Å². The van der Waals surface area contributed by atoms with E-state index in [1.165, 1.54) is 47.3 Å². The Morgan fingerprint density at radius 1 is 1.44 bits per heavy atom. The van der Waals surface area contributed by atoms with Crippen LogP contribution in [0.5, 0.6) is 0 Å². The molecule has 90 valence electrons. The summed E-state index contributed by atoms with van der Waals surface area (Å²) in [4.78, 5) is 1.53. The molecule has 1 aromatic rings. The number of nitrogens with one attached hydrogen (secondary N) is 1. The maximum absolute atomic E-state index is 3.55. The van der Waals surface area contributed by atoms with Crippen molar-refractivity contribution < 1.29 is 0 Å². The summed E-state index contributed by atoms with van der Waals surface area (Å²) < 4.78 is 1.26. The van der Waals surface area contributed by atoms with Crippen molar-refractivity contribution >= 4 is 27.3 Å². The Balaban J connectivity index is 1.96. The monoisotopic (exact) mass is 301 g/mol. The quantitative estimate of drug-likeness (QED) is 0.864. The predicted molar refractivity (Wildman–Crippen MR) is 75.1 cm³/mol. The maximum Gasteiger partial charge on any atom is 0.0701 e. The van der Waals surface area contributed by atoms with Crippen LogP contribution < -0.4 is 5.32 Å². The summed E-state index contributed by atoms with van der Waals surface area (Å²) in [6, 6.07) is 4.44. The molecule has 0 aliphatic heterocycles. The Labute approximate surface area is 111 Å². The minimum Gasteiger partial charge on any atom is -0.319 e. The second-order valence-corrected chi connectivity index (χ2v) is 7.32. The first kappa shape index (κ1) is 12.6. The molecular weight excluding hydrogens is 282 g/mol. The third kappa shape index (κ3) is 3.31. The van der Waals surface area contributed by atoms with Crippen LogP contribution in [-0.2, 0) is 6.42 Å². The molecule has 16 heavy (non-hydrogen) atoms. The first-order valence-corrected chi connectivity index (χ1v) is 7.79. The summed E-state index contributed by atoms with van der Waals surface area (Å²) >= 11 is 5.44. The largest absolute Gasteiger partial charge is 0.319 e. The molecule has 1 aromatic heterocycles. The number of hydrogen-bond donors (Lipinski definition) is 1. The Bertz CT molecular complexity index is 317. The normalized spacial score (nSPS) is 19.1. The molecule has 1 nitrogen and oxygen atoms in total. The second-order valence-electron chi connectivity index (χ2n) is 4.77. The number of halogens is 1. The molecule has 1 heterocycles. The Morgan fingerprint density at radius 3 is 2.75 bits per heavy atom. The Hall–Kier alpha value is 0.140. The third-order valence-electron chi connectivity index (χ3n) is 3.63. The molecule has 0 radical (unpaired) electrons. The van der Waals surface area contributed by atoms with Crippen LogP contribution in [0.25, 0.3) is 0 Å². The fraction of sp³-hybridized carbons (Fsp3) is 0.692. The number of rotatable bonds is 5. The average molecular weight is 302 g/mol.